The Bertz CT molecular complexity index is 730. The Morgan fingerprint density at radius 1 is 1.05 bits per heavy atom. The van der Waals surface area contributed by atoms with E-state index in [0.29, 0.717) is 0 Å². The zero-order valence-electron chi connectivity index (χ0n) is 12.8. The molecule has 1 saturated heterocycles. The van der Waals surface area contributed by atoms with E-state index in [1.807, 2.05) is 0 Å². The van der Waals surface area contributed by atoms with Crippen molar-refractivity contribution in [3.05, 3.63) is 20.1 Å². The molecule has 1 aromatic carbocycles. The molecule has 4 rings (SSSR count). The number of aryl methyl sites for hydroxylation is 3. The summed E-state index contributed by atoms with van der Waals surface area (Å²) in [6.07, 6.45) is 3.50. The number of nitrogens with zero attached hydrogens (tertiary/aromatic N) is 3. The minimum atomic E-state index is 1.04. The standard InChI is InChI=1S/C16H20Br2N4/c1-10-12(17)13(18)11-4-2-8-22-15(11)14(10)20-16(22)21-7-3-5-19-6-9-21/h19H,2-9H2,1H3. The fourth-order valence-corrected chi connectivity index (χ4v) is 4.76. The average molecular weight is 428 g/mol. The second kappa shape index (κ2) is 5.80. The number of benzene rings is 1. The molecular formula is C16H20Br2N4. The molecule has 0 spiro atoms. The molecule has 1 fully saturated rings. The Balaban J connectivity index is 1.94. The zero-order valence-corrected chi connectivity index (χ0v) is 15.9. The van der Waals surface area contributed by atoms with E-state index in [0.717, 1.165) is 55.1 Å². The van der Waals surface area contributed by atoms with Crippen LogP contribution in [0, 0.1) is 6.92 Å². The molecule has 2 aromatic rings. The Morgan fingerprint density at radius 3 is 2.77 bits per heavy atom. The maximum atomic E-state index is 5.06. The van der Waals surface area contributed by atoms with Gasteiger partial charge in [-0.15, -0.1) is 0 Å². The van der Waals surface area contributed by atoms with Gasteiger partial charge in [-0.1, -0.05) is 0 Å². The minimum Gasteiger partial charge on any atom is -0.341 e. The van der Waals surface area contributed by atoms with Gasteiger partial charge in [0.05, 0.1) is 11.0 Å². The summed E-state index contributed by atoms with van der Waals surface area (Å²) in [5.41, 5.74) is 5.15. The van der Waals surface area contributed by atoms with E-state index >= 15 is 0 Å². The lowest BCUT2D eigenvalue weighted by Gasteiger charge is -2.25. The van der Waals surface area contributed by atoms with E-state index in [4.69, 9.17) is 4.98 Å². The Kier molecular flexibility index (Phi) is 3.95. The molecule has 0 unspecified atom stereocenters. The summed E-state index contributed by atoms with van der Waals surface area (Å²) < 4.78 is 4.82. The number of hydrogen-bond acceptors (Lipinski definition) is 3. The van der Waals surface area contributed by atoms with Crippen LogP contribution in [-0.2, 0) is 13.0 Å². The van der Waals surface area contributed by atoms with E-state index in [9.17, 15) is 0 Å². The first-order valence-corrected chi connectivity index (χ1v) is 9.59. The van der Waals surface area contributed by atoms with Gasteiger partial charge in [-0.25, -0.2) is 4.98 Å². The molecular weight excluding hydrogens is 408 g/mol. The summed E-state index contributed by atoms with van der Waals surface area (Å²) in [5.74, 6) is 1.16. The number of hydrogen-bond donors (Lipinski definition) is 1. The number of imidazole rings is 1. The Morgan fingerprint density at radius 2 is 1.91 bits per heavy atom. The van der Waals surface area contributed by atoms with Gasteiger partial charge < -0.3 is 14.8 Å². The molecule has 0 saturated carbocycles. The van der Waals surface area contributed by atoms with Crippen LogP contribution >= 0.6 is 31.9 Å². The minimum absolute atomic E-state index is 1.04. The van der Waals surface area contributed by atoms with Gasteiger partial charge in [0.1, 0.15) is 0 Å². The summed E-state index contributed by atoms with van der Waals surface area (Å²) >= 11 is 7.53. The van der Waals surface area contributed by atoms with Crippen molar-refractivity contribution in [2.45, 2.75) is 32.7 Å². The fraction of sp³-hybridized carbons (Fsp3) is 0.562. The highest BCUT2D eigenvalue weighted by atomic mass is 79.9. The fourth-order valence-electron chi connectivity index (χ4n) is 3.65. The van der Waals surface area contributed by atoms with Crippen molar-refractivity contribution in [1.82, 2.24) is 14.9 Å². The topological polar surface area (TPSA) is 33.1 Å². The smallest absolute Gasteiger partial charge is 0.206 e. The van der Waals surface area contributed by atoms with Gasteiger partial charge in [-0.05, 0) is 75.7 Å². The first-order valence-electron chi connectivity index (χ1n) is 8.01. The third kappa shape index (κ3) is 2.22. The number of nitrogens with one attached hydrogen (secondary N) is 1. The first kappa shape index (κ1) is 15.0. The van der Waals surface area contributed by atoms with E-state index in [-0.39, 0.29) is 0 Å². The summed E-state index contributed by atoms with van der Waals surface area (Å²) in [5, 5.41) is 3.48. The highest BCUT2D eigenvalue weighted by molar-refractivity contribution is 9.13. The number of anilines is 1. The van der Waals surface area contributed by atoms with Crippen LogP contribution in [0.3, 0.4) is 0 Å². The molecule has 4 nitrogen and oxygen atoms in total. The van der Waals surface area contributed by atoms with E-state index < -0.39 is 0 Å². The van der Waals surface area contributed by atoms with Crippen LogP contribution in [-0.4, -0.2) is 35.7 Å². The lowest BCUT2D eigenvalue weighted by molar-refractivity contribution is 0.615. The molecule has 1 aromatic heterocycles. The second-order valence-electron chi connectivity index (χ2n) is 6.19. The highest BCUT2D eigenvalue weighted by Gasteiger charge is 2.26. The molecule has 118 valence electrons. The monoisotopic (exact) mass is 426 g/mol. The molecule has 0 aliphatic carbocycles. The van der Waals surface area contributed by atoms with Gasteiger partial charge >= 0.3 is 0 Å². The largest absolute Gasteiger partial charge is 0.341 e. The quantitative estimate of drug-likeness (QED) is 0.754. The maximum absolute atomic E-state index is 5.06. The molecule has 3 heterocycles. The number of rotatable bonds is 1. The van der Waals surface area contributed by atoms with Crippen LogP contribution in [0.4, 0.5) is 5.95 Å². The molecule has 6 heteroatoms. The van der Waals surface area contributed by atoms with E-state index in [1.54, 1.807) is 0 Å². The van der Waals surface area contributed by atoms with Crippen LogP contribution in [0.15, 0.2) is 8.95 Å². The summed E-state index contributed by atoms with van der Waals surface area (Å²) in [6, 6.07) is 0. The van der Waals surface area contributed by atoms with Gasteiger partial charge in [-0.3, -0.25) is 0 Å². The molecule has 22 heavy (non-hydrogen) atoms. The van der Waals surface area contributed by atoms with Crippen molar-refractivity contribution in [3.8, 4) is 0 Å². The molecule has 0 radical (unpaired) electrons. The molecule has 0 bridgehead atoms. The summed E-state index contributed by atoms with van der Waals surface area (Å²) in [7, 11) is 0. The predicted molar refractivity (Wildman–Crippen MR) is 97.9 cm³/mol. The maximum Gasteiger partial charge on any atom is 0.206 e. The molecule has 2 aliphatic heterocycles. The Labute approximate surface area is 147 Å². The molecule has 0 atom stereocenters. The van der Waals surface area contributed by atoms with E-state index in [1.165, 1.54) is 34.0 Å². The van der Waals surface area contributed by atoms with Crippen LogP contribution < -0.4 is 10.2 Å². The molecule has 2 aliphatic rings. The molecule has 0 amide bonds. The summed E-state index contributed by atoms with van der Waals surface area (Å²) in [4.78, 5) is 7.52. The SMILES string of the molecule is Cc1c(Br)c(Br)c2c3c1nc(N1CCCNCC1)n3CCC2. The second-order valence-corrected chi connectivity index (χ2v) is 7.77. The normalized spacial score (nSPS) is 18.8. The third-order valence-electron chi connectivity index (χ3n) is 4.81. The van der Waals surface area contributed by atoms with Gasteiger partial charge in [0.15, 0.2) is 0 Å². The van der Waals surface area contributed by atoms with Gasteiger partial charge in [0, 0.05) is 35.1 Å². The van der Waals surface area contributed by atoms with Crippen molar-refractivity contribution in [2.75, 3.05) is 31.1 Å². The van der Waals surface area contributed by atoms with Crippen molar-refractivity contribution in [2.24, 2.45) is 0 Å². The van der Waals surface area contributed by atoms with Crippen LogP contribution in [0.1, 0.15) is 24.0 Å². The number of aromatic nitrogens is 2. The average Bonchev–Trinajstić information content (AvgIpc) is 2.72. The van der Waals surface area contributed by atoms with E-state index in [2.05, 4.69) is 53.6 Å². The van der Waals surface area contributed by atoms with Gasteiger partial charge in [0.2, 0.25) is 5.95 Å². The summed E-state index contributed by atoms with van der Waals surface area (Å²) in [6.45, 7) is 7.53. The zero-order chi connectivity index (χ0) is 15.3. The predicted octanol–water partition coefficient (Wildman–Crippen LogP) is 3.62. The van der Waals surface area contributed by atoms with Crippen molar-refractivity contribution < 1.29 is 0 Å². The third-order valence-corrected chi connectivity index (χ3v) is 7.21. The van der Waals surface area contributed by atoms with Gasteiger partial charge in [-0.2, -0.15) is 0 Å². The van der Waals surface area contributed by atoms with Crippen LogP contribution in [0.2, 0.25) is 0 Å². The molecule has 1 N–H and O–H groups in total. The lowest BCUT2D eigenvalue weighted by atomic mass is 10.0. The Hall–Kier alpha value is -0.590. The first-order chi connectivity index (χ1) is 10.7. The van der Waals surface area contributed by atoms with Crippen molar-refractivity contribution in [1.29, 1.82) is 0 Å². The van der Waals surface area contributed by atoms with Crippen molar-refractivity contribution >= 4 is 48.8 Å². The number of halogens is 2. The van der Waals surface area contributed by atoms with Crippen molar-refractivity contribution in [3.63, 3.8) is 0 Å². The van der Waals surface area contributed by atoms with Crippen LogP contribution in [0.25, 0.3) is 11.0 Å². The van der Waals surface area contributed by atoms with Crippen LogP contribution in [0.5, 0.6) is 0 Å². The lowest BCUT2D eigenvalue weighted by Crippen LogP contribution is -2.30. The highest BCUT2D eigenvalue weighted by Crippen LogP contribution is 2.41. The van der Waals surface area contributed by atoms with Gasteiger partial charge in [0.25, 0.3) is 0 Å².